The van der Waals surface area contributed by atoms with E-state index in [2.05, 4.69) is 22.5 Å². The number of ether oxygens (including phenoxy) is 1. The van der Waals surface area contributed by atoms with E-state index in [1.165, 1.54) is 0 Å². The van der Waals surface area contributed by atoms with Gasteiger partial charge in [0.1, 0.15) is 0 Å². The number of hydrogen-bond donors (Lipinski definition) is 0. The summed E-state index contributed by atoms with van der Waals surface area (Å²) < 4.78 is 23.8. The van der Waals surface area contributed by atoms with Crippen molar-refractivity contribution in [1.82, 2.24) is 0 Å². The van der Waals surface area contributed by atoms with Crippen LogP contribution in [-0.4, -0.2) is 31.0 Å². The quantitative estimate of drug-likeness (QED) is 0.278. The topological polar surface area (TPSA) is 49.9 Å². The summed E-state index contributed by atoms with van der Waals surface area (Å²) in [5.74, 6) is -1.02. The number of benzene rings is 2. The first-order valence-corrected chi connectivity index (χ1v) is 12.5. The first-order chi connectivity index (χ1) is 14.0. The van der Waals surface area contributed by atoms with E-state index >= 15 is 0 Å². The van der Waals surface area contributed by atoms with Crippen LogP contribution in [0.15, 0.2) is 72.6 Å². The Morgan fingerprint density at radius 3 is 1.97 bits per heavy atom. The fourth-order valence-corrected chi connectivity index (χ4v) is 7.24. The van der Waals surface area contributed by atoms with Gasteiger partial charge in [-0.25, -0.2) is 0 Å². The number of rotatable bonds is 8. The Bertz CT molecular complexity index is 840. The Hall–Kier alpha value is -2.04. The monoisotopic (exact) mass is 476 g/mol. The van der Waals surface area contributed by atoms with Gasteiger partial charge in [-0.2, -0.15) is 0 Å². The minimum Gasteiger partial charge on any atom is -0.466 e. The summed E-state index contributed by atoms with van der Waals surface area (Å²) in [7, 11) is -3.34. The van der Waals surface area contributed by atoms with Gasteiger partial charge in [-0.05, 0) is 37.6 Å². The molecule has 3 rings (SSSR count). The molecule has 1 atom stereocenters. The summed E-state index contributed by atoms with van der Waals surface area (Å²) in [5, 5.41) is 1.01. The van der Waals surface area contributed by atoms with E-state index < -0.39 is 13.4 Å². The molecule has 29 heavy (non-hydrogen) atoms. The molecule has 2 aromatic carbocycles. The molecular formula is C22H26BrN2O3P. The molecule has 1 aliphatic rings. The molecule has 1 saturated heterocycles. The highest BCUT2D eigenvalue weighted by atomic mass is 79.9. The largest absolute Gasteiger partial charge is 0.466 e. The second-order valence-electron chi connectivity index (χ2n) is 6.74. The van der Waals surface area contributed by atoms with Gasteiger partial charge in [0.2, 0.25) is 0 Å². The molecule has 0 bridgehead atoms. The van der Waals surface area contributed by atoms with Gasteiger partial charge >= 0.3 is 5.97 Å². The summed E-state index contributed by atoms with van der Waals surface area (Å²) in [6.45, 7) is 7.43. The zero-order valence-electron chi connectivity index (χ0n) is 16.5. The predicted octanol–water partition coefficient (Wildman–Crippen LogP) is 5.68. The Morgan fingerprint density at radius 1 is 1.07 bits per heavy atom. The lowest BCUT2D eigenvalue weighted by Crippen LogP contribution is -2.27. The van der Waals surface area contributed by atoms with Crippen LogP contribution in [0.25, 0.3) is 0 Å². The van der Waals surface area contributed by atoms with Gasteiger partial charge < -0.3 is 14.1 Å². The maximum absolute atomic E-state index is 14.7. The number of carbonyl (C=O) groups is 1. The number of alkyl halides is 1. The SMILES string of the molecule is C=C(C(CCBr)C(=O)OCC)P1(=O)N(c2ccccc2)CCN1c1ccccc1. The summed E-state index contributed by atoms with van der Waals surface area (Å²) in [6, 6.07) is 19.3. The molecule has 0 aromatic heterocycles. The van der Waals surface area contributed by atoms with E-state index in [9.17, 15) is 9.36 Å². The van der Waals surface area contributed by atoms with Crippen molar-refractivity contribution >= 4 is 40.7 Å². The number of para-hydroxylation sites is 2. The fraction of sp³-hybridized carbons (Fsp3) is 0.318. The molecule has 1 aliphatic heterocycles. The second-order valence-corrected chi connectivity index (χ2v) is 10.2. The summed E-state index contributed by atoms with van der Waals surface area (Å²) in [4.78, 5) is 12.7. The average molecular weight is 477 g/mol. The van der Waals surface area contributed by atoms with E-state index in [1.54, 1.807) is 6.92 Å². The molecule has 5 nitrogen and oxygen atoms in total. The third-order valence-corrected chi connectivity index (χ3v) is 8.72. The Morgan fingerprint density at radius 2 is 1.55 bits per heavy atom. The van der Waals surface area contributed by atoms with E-state index in [1.807, 2.05) is 70.0 Å². The van der Waals surface area contributed by atoms with Crippen LogP contribution in [0, 0.1) is 5.92 Å². The van der Waals surface area contributed by atoms with Crippen molar-refractivity contribution in [2.45, 2.75) is 13.3 Å². The lowest BCUT2D eigenvalue weighted by Gasteiger charge is -2.36. The van der Waals surface area contributed by atoms with Crippen LogP contribution in [0.5, 0.6) is 0 Å². The van der Waals surface area contributed by atoms with Crippen molar-refractivity contribution < 1.29 is 14.1 Å². The van der Waals surface area contributed by atoms with Crippen molar-refractivity contribution in [1.29, 1.82) is 0 Å². The van der Waals surface area contributed by atoms with Crippen LogP contribution in [0.4, 0.5) is 11.4 Å². The molecule has 1 heterocycles. The molecule has 0 N–H and O–H groups in total. The van der Waals surface area contributed by atoms with Crippen LogP contribution in [-0.2, 0) is 14.1 Å². The highest BCUT2D eigenvalue weighted by Gasteiger charge is 2.49. The van der Waals surface area contributed by atoms with Gasteiger partial charge in [0, 0.05) is 35.1 Å². The number of anilines is 2. The predicted molar refractivity (Wildman–Crippen MR) is 123 cm³/mol. The molecule has 0 spiro atoms. The number of nitrogens with zero attached hydrogens (tertiary/aromatic N) is 2. The molecule has 0 saturated carbocycles. The maximum atomic E-state index is 14.7. The van der Waals surface area contributed by atoms with Gasteiger partial charge in [-0.1, -0.05) is 58.9 Å². The highest BCUT2D eigenvalue weighted by Crippen LogP contribution is 2.67. The van der Waals surface area contributed by atoms with Gasteiger partial charge in [-0.15, -0.1) is 0 Å². The van der Waals surface area contributed by atoms with Crippen LogP contribution in [0.2, 0.25) is 0 Å². The third-order valence-electron chi connectivity index (χ3n) is 5.03. The maximum Gasteiger partial charge on any atom is 0.313 e. The smallest absolute Gasteiger partial charge is 0.313 e. The number of halogens is 1. The molecule has 0 radical (unpaired) electrons. The van der Waals surface area contributed by atoms with E-state index in [0.29, 0.717) is 30.2 Å². The Kier molecular flexibility index (Phi) is 7.20. The van der Waals surface area contributed by atoms with E-state index in [-0.39, 0.29) is 12.6 Å². The highest BCUT2D eigenvalue weighted by molar-refractivity contribution is 9.09. The third kappa shape index (κ3) is 4.29. The lowest BCUT2D eigenvalue weighted by atomic mass is 10.1. The molecule has 7 heteroatoms. The van der Waals surface area contributed by atoms with Gasteiger partial charge in [0.05, 0.1) is 12.5 Å². The van der Waals surface area contributed by atoms with Crippen LogP contribution < -0.4 is 9.34 Å². The number of esters is 1. The van der Waals surface area contributed by atoms with Gasteiger partial charge in [0.15, 0.2) is 0 Å². The van der Waals surface area contributed by atoms with Crippen molar-refractivity contribution in [3.63, 3.8) is 0 Å². The summed E-state index contributed by atoms with van der Waals surface area (Å²) in [5.41, 5.74) is 1.72. The number of carbonyl (C=O) groups excluding carboxylic acids is 1. The van der Waals surface area contributed by atoms with Gasteiger partial charge in [-0.3, -0.25) is 9.36 Å². The minimum atomic E-state index is -3.34. The fourth-order valence-electron chi connectivity index (χ4n) is 3.65. The van der Waals surface area contributed by atoms with Gasteiger partial charge in [0.25, 0.3) is 7.44 Å². The first kappa shape index (κ1) is 21.7. The standard InChI is InChI=1S/C22H26BrN2O3P/c1-3-28-22(26)21(14-15-23)18(2)29(27)24(19-10-6-4-7-11-19)16-17-25(29)20-12-8-5-9-13-20/h4-13,21H,2-3,14-17H2,1H3. The van der Waals surface area contributed by atoms with E-state index in [0.717, 1.165) is 11.4 Å². The van der Waals surface area contributed by atoms with E-state index in [4.69, 9.17) is 4.74 Å². The van der Waals surface area contributed by atoms with Crippen molar-refractivity contribution in [3.05, 3.63) is 72.6 Å². The zero-order chi connectivity index (χ0) is 20.9. The van der Waals surface area contributed by atoms with Crippen molar-refractivity contribution in [2.24, 2.45) is 5.92 Å². The van der Waals surface area contributed by atoms with Crippen molar-refractivity contribution in [2.75, 3.05) is 34.4 Å². The second kappa shape index (κ2) is 9.64. The molecular weight excluding hydrogens is 451 g/mol. The molecule has 1 fully saturated rings. The normalized spacial score (nSPS) is 16.5. The molecule has 1 unspecified atom stereocenters. The summed E-state index contributed by atoms with van der Waals surface area (Å²) >= 11 is 3.42. The average Bonchev–Trinajstić information content (AvgIpc) is 3.11. The van der Waals surface area contributed by atoms with Crippen LogP contribution >= 0.6 is 23.4 Å². The lowest BCUT2D eigenvalue weighted by molar-refractivity contribution is -0.146. The molecule has 154 valence electrons. The van der Waals surface area contributed by atoms with Crippen LogP contribution in [0.3, 0.4) is 0 Å². The first-order valence-electron chi connectivity index (χ1n) is 9.72. The van der Waals surface area contributed by atoms with Crippen LogP contribution in [0.1, 0.15) is 13.3 Å². The summed E-state index contributed by atoms with van der Waals surface area (Å²) in [6.07, 6.45) is 0.479. The molecule has 0 amide bonds. The molecule has 0 aliphatic carbocycles. The van der Waals surface area contributed by atoms with Crippen molar-refractivity contribution in [3.8, 4) is 0 Å². The molecule has 2 aromatic rings. The minimum absolute atomic E-state index is 0.278. The zero-order valence-corrected chi connectivity index (χ0v) is 19.0. The Labute approximate surface area is 181 Å². The Balaban J connectivity index is 2.08. The number of hydrogen-bond acceptors (Lipinski definition) is 3.